The predicted octanol–water partition coefficient (Wildman–Crippen LogP) is 2.44. The van der Waals surface area contributed by atoms with E-state index in [1.165, 1.54) is 4.31 Å². The van der Waals surface area contributed by atoms with Crippen molar-refractivity contribution in [1.29, 1.82) is 0 Å². The van der Waals surface area contributed by atoms with Gasteiger partial charge in [0, 0.05) is 26.6 Å². The van der Waals surface area contributed by atoms with Gasteiger partial charge in [-0.05, 0) is 37.5 Å². The number of carbonyl (C=O) groups is 2. The van der Waals surface area contributed by atoms with Crippen LogP contribution in [0, 0.1) is 0 Å². The lowest BCUT2D eigenvalue weighted by Gasteiger charge is -2.29. The molecule has 0 spiro atoms. The fourth-order valence-corrected chi connectivity index (χ4v) is 4.34. The molecule has 1 atom stereocenters. The maximum absolute atomic E-state index is 13.0. The Morgan fingerprint density at radius 3 is 2.10 bits per heavy atom. The van der Waals surface area contributed by atoms with Crippen LogP contribution in [0.15, 0.2) is 60.7 Å². The third-order valence-electron chi connectivity index (χ3n) is 5.09. The van der Waals surface area contributed by atoms with Crippen molar-refractivity contribution in [3.63, 3.8) is 0 Å². The molecule has 0 aliphatic rings. The Kier molecular flexibility index (Phi) is 9.05. The van der Waals surface area contributed by atoms with Gasteiger partial charge in [-0.1, -0.05) is 48.5 Å². The van der Waals surface area contributed by atoms with E-state index in [0.29, 0.717) is 25.1 Å². The topological polar surface area (TPSA) is 86.8 Å². The average Bonchev–Trinajstić information content (AvgIpc) is 2.76. The van der Waals surface area contributed by atoms with Crippen LogP contribution in [-0.2, 0) is 26.0 Å². The van der Waals surface area contributed by atoms with Crippen LogP contribution in [0.5, 0.6) is 0 Å². The van der Waals surface area contributed by atoms with Gasteiger partial charge < -0.3 is 10.2 Å². The minimum Gasteiger partial charge on any atom is -0.357 e. The van der Waals surface area contributed by atoms with E-state index >= 15 is 0 Å². The second-order valence-corrected chi connectivity index (χ2v) is 9.29. The molecule has 2 rings (SSSR count). The highest BCUT2D eigenvalue weighted by Gasteiger charge is 2.25. The molecule has 0 aliphatic carbocycles. The molecule has 168 valence electrons. The summed E-state index contributed by atoms with van der Waals surface area (Å²) < 4.78 is 25.7. The lowest BCUT2D eigenvalue weighted by molar-refractivity contribution is -0.139. The van der Waals surface area contributed by atoms with Crippen molar-refractivity contribution in [1.82, 2.24) is 10.2 Å². The van der Waals surface area contributed by atoms with Crippen molar-refractivity contribution in [3.8, 4) is 0 Å². The summed E-state index contributed by atoms with van der Waals surface area (Å²) in [5, 5.41) is 2.59. The van der Waals surface area contributed by atoms with E-state index in [4.69, 9.17) is 0 Å². The van der Waals surface area contributed by atoms with Gasteiger partial charge in [-0.15, -0.1) is 0 Å². The highest BCUT2D eigenvalue weighted by Crippen LogP contribution is 2.18. The van der Waals surface area contributed by atoms with E-state index in [1.807, 2.05) is 36.4 Å². The van der Waals surface area contributed by atoms with E-state index in [-0.39, 0.29) is 24.8 Å². The van der Waals surface area contributed by atoms with Crippen LogP contribution in [0.25, 0.3) is 0 Å². The molecule has 0 unspecified atom stereocenters. The van der Waals surface area contributed by atoms with Crippen molar-refractivity contribution in [2.45, 2.75) is 32.2 Å². The number of sulfonamides is 1. The molecule has 0 aromatic heterocycles. The fourth-order valence-electron chi connectivity index (χ4n) is 3.38. The molecule has 7 nitrogen and oxygen atoms in total. The van der Waals surface area contributed by atoms with E-state index in [1.54, 1.807) is 43.1 Å². The summed E-state index contributed by atoms with van der Waals surface area (Å²) in [5.41, 5.74) is 1.65. The molecule has 2 aromatic carbocycles. The molecule has 0 saturated carbocycles. The van der Waals surface area contributed by atoms with Crippen LogP contribution in [0.3, 0.4) is 0 Å². The summed E-state index contributed by atoms with van der Waals surface area (Å²) in [4.78, 5) is 26.7. The Hall–Kier alpha value is -2.87. The first-order valence-corrected chi connectivity index (χ1v) is 12.2. The van der Waals surface area contributed by atoms with E-state index in [0.717, 1.165) is 11.8 Å². The third-order valence-corrected chi connectivity index (χ3v) is 6.29. The number of anilines is 1. The van der Waals surface area contributed by atoms with Crippen LogP contribution in [0.1, 0.15) is 25.3 Å². The quantitative estimate of drug-likeness (QED) is 0.576. The normalized spacial score (nSPS) is 12.1. The molecular formula is C23H31N3O4S. The molecule has 0 heterocycles. The first kappa shape index (κ1) is 24.4. The molecule has 8 heteroatoms. The second kappa shape index (κ2) is 11.5. The highest BCUT2D eigenvalue weighted by molar-refractivity contribution is 7.92. The Morgan fingerprint density at radius 2 is 1.55 bits per heavy atom. The zero-order chi connectivity index (χ0) is 22.9. The summed E-state index contributed by atoms with van der Waals surface area (Å²) in [6.45, 7) is 2.30. The van der Waals surface area contributed by atoms with Gasteiger partial charge in [0.1, 0.15) is 6.04 Å². The number of rotatable bonds is 11. The summed E-state index contributed by atoms with van der Waals surface area (Å²) in [6.07, 6.45) is 2.28. The van der Waals surface area contributed by atoms with Crippen LogP contribution >= 0.6 is 0 Å². The number of nitrogens with zero attached hydrogens (tertiary/aromatic N) is 2. The molecular weight excluding hydrogens is 414 g/mol. The van der Waals surface area contributed by atoms with Crippen molar-refractivity contribution in [2.75, 3.05) is 30.7 Å². The molecule has 2 amide bonds. The minimum atomic E-state index is -3.47. The van der Waals surface area contributed by atoms with Gasteiger partial charge in [0.05, 0.1) is 11.9 Å². The van der Waals surface area contributed by atoms with Gasteiger partial charge in [-0.25, -0.2) is 8.42 Å². The van der Waals surface area contributed by atoms with Crippen molar-refractivity contribution in [3.05, 3.63) is 66.2 Å². The molecule has 0 bridgehead atoms. The van der Waals surface area contributed by atoms with Gasteiger partial charge in [0.2, 0.25) is 21.8 Å². The zero-order valence-corrected chi connectivity index (χ0v) is 19.1. The SMILES string of the molecule is CNC(=O)[C@@H](C)N(CCc1ccccc1)C(=O)CCCN(c1ccccc1)S(C)(=O)=O. The average molecular weight is 446 g/mol. The summed E-state index contributed by atoms with van der Waals surface area (Å²) in [6, 6.07) is 18.0. The zero-order valence-electron chi connectivity index (χ0n) is 18.3. The monoisotopic (exact) mass is 445 g/mol. The standard InChI is InChI=1S/C23H31N3O4S/c1-19(23(28)24-2)25(18-16-20-11-6-4-7-12-20)22(27)15-10-17-26(31(3,29)30)21-13-8-5-9-14-21/h4-9,11-14,19H,10,15-18H2,1-3H3,(H,24,28)/t19-/m1/s1. The summed E-state index contributed by atoms with van der Waals surface area (Å²) in [7, 11) is -1.93. The van der Waals surface area contributed by atoms with E-state index in [2.05, 4.69) is 5.32 Å². The van der Waals surface area contributed by atoms with Gasteiger partial charge in [-0.2, -0.15) is 0 Å². The van der Waals surface area contributed by atoms with Gasteiger partial charge in [-0.3, -0.25) is 13.9 Å². The van der Waals surface area contributed by atoms with Crippen LogP contribution in [0.4, 0.5) is 5.69 Å². The van der Waals surface area contributed by atoms with Gasteiger partial charge in [0.15, 0.2) is 0 Å². The largest absolute Gasteiger partial charge is 0.357 e. The van der Waals surface area contributed by atoms with Gasteiger partial charge in [0.25, 0.3) is 0 Å². The number of carbonyl (C=O) groups excluding carboxylic acids is 2. The molecule has 0 radical (unpaired) electrons. The Morgan fingerprint density at radius 1 is 0.968 bits per heavy atom. The summed E-state index contributed by atoms with van der Waals surface area (Å²) in [5.74, 6) is -0.406. The number of amides is 2. The number of benzene rings is 2. The van der Waals surface area contributed by atoms with E-state index in [9.17, 15) is 18.0 Å². The minimum absolute atomic E-state index is 0.148. The predicted molar refractivity (Wildman–Crippen MR) is 123 cm³/mol. The lowest BCUT2D eigenvalue weighted by Crippen LogP contribution is -2.48. The first-order valence-electron chi connectivity index (χ1n) is 10.3. The van der Waals surface area contributed by atoms with Crippen LogP contribution in [0.2, 0.25) is 0 Å². The molecule has 0 fully saturated rings. The first-order chi connectivity index (χ1) is 14.7. The number of hydrogen-bond acceptors (Lipinski definition) is 4. The van der Waals surface area contributed by atoms with Gasteiger partial charge >= 0.3 is 0 Å². The maximum Gasteiger partial charge on any atom is 0.242 e. The van der Waals surface area contributed by atoms with Crippen molar-refractivity contribution >= 4 is 27.5 Å². The van der Waals surface area contributed by atoms with E-state index < -0.39 is 16.1 Å². The second-order valence-electron chi connectivity index (χ2n) is 7.39. The Balaban J connectivity index is 2.05. The lowest BCUT2D eigenvalue weighted by atomic mass is 10.1. The van der Waals surface area contributed by atoms with Crippen molar-refractivity contribution in [2.24, 2.45) is 0 Å². The summed E-state index contributed by atoms with van der Waals surface area (Å²) >= 11 is 0. The number of hydrogen-bond donors (Lipinski definition) is 1. The fraction of sp³-hybridized carbons (Fsp3) is 0.391. The number of para-hydroxylation sites is 1. The highest BCUT2D eigenvalue weighted by atomic mass is 32.2. The Labute approximate surface area is 185 Å². The maximum atomic E-state index is 13.0. The van der Waals surface area contributed by atoms with Crippen LogP contribution in [-0.4, -0.2) is 57.6 Å². The Bertz CT molecular complexity index is 949. The number of likely N-dealkylation sites (N-methyl/N-ethyl adjacent to an activating group) is 1. The molecule has 1 N–H and O–H groups in total. The molecule has 0 saturated heterocycles. The molecule has 0 aliphatic heterocycles. The number of nitrogens with one attached hydrogen (secondary N) is 1. The van der Waals surface area contributed by atoms with Crippen LogP contribution < -0.4 is 9.62 Å². The van der Waals surface area contributed by atoms with Crippen molar-refractivity contribution < 1.29 is 18.0 Å². The third kappa shape index (κ3) is 7.40. The molecule has 31 heavy (non-hydrogen) atoms. The molecule has 2 aromatic rings. The smallest absolute Gasteiger partial charge is 0.242 e.